The summed E-state index contributed by atoms with van der Waals surface area (Å²) in [5.41, 5.74) is 7.90. The van der Waals surface area contributed by atoms with E-state index in [2.05, 4.69) is 15.3 Å². The number of aromatic nitrogens is 2. The van der Waals surface area contributed by atoms with Gasteiger partial charge in [0.05, 0.1) is 16.6 Å². The van der Waals surface area contributed by atoms with Gasteiger partial charge in [-0.2, -0.15) is 0 Å². The largest absolute Gasteiger partial charge is 0.482 e. The number of nitrogens with zero attached hydrogens (tertiary/aromatic N) is 1. The number of amides is 1. The molecule has 0 radical (unpaired) electrons. The minimum absolute atomic E-state index is 0. The molecule has 5 N–H and O–H groups in total. The van der Waals surface area contributed by atoms with Crippen molar-refractivity contribution in [2.45, 2.75) is 13.5 Å². The molecule has 4 rings (SSSR count). The van der Waals surface area contributed by atoms with E-state index in [1.165, 1.54) is 0 Å². The predicted molar refractivity (Wildman–Crippen MR) is 110 cm³/mol. The fraction of sp³-hybridized carbons (Fsp3) is 0.158. The lowest BCUT2D eigenvalue weighted by Crippen LogP contribution is -2.25. The molecule has 10 heteroatoms. The maximum atomic E-state index is 11.6. The van der Waals surface area contributed by atoms with Crippen LogP contribution in [0.15, 0.2) is 41.2 Å². The first-order chi connectivity index (χ1) is 13.4. The third-order valence-corrected chi connectivity index (χ3v) is 4.06. The fourth-order valence-electron chi connectivity index (χ4n) is 2.72. The van der Waals surface area contributed by atoms with E-state index in [1.54, 1.807) is 25.1 Å². The van der Waals surface area contributed by atoms with Crippen molar-refractivity contribution in [1.82, 2.24) is 9.97 Å². The lowest BCUT2D eigenvalue weighted by atomic mass is 10.1. The summed E-state index contributed by atoms with van der Waals surface area (Å²) >= 11 is 0. The number of carbonyl (C=O) groups is 2. The molecular formula is C19H19ClN4O5. The highest BCUT2D eigenvalue weighted by molar-refractivity contribution is 5.95. The second-order valence-corrected chi connectivity index (χ2v) is 6.06. The Bertz CT molecular complexity index is 1130. The summed E-state index contributed by atoms with van der Waals surface area (Å²) in [7, 11) is 0. The van der Waals surface area contributed by atoms with Crippen LogP contribution in [0.1, 0.15) is 21.7 Å². The van der Waals surface area contributed by atoms with Crippen LogP contribution in [0, 0.1) is 6.92 Å². The second-order valence-electron chi connectivity index (χ2n) is 6.06. The first-order valence-electron chi connectivity index (χ1n) is 8.37. The van der Waals surface area contributed by atoms with Gasteiger partial charge in [0.25, 0.3) is 11.5 Å². The van der Waals surface area contributed by atoms with E-state index in [-0.39, 0.29) is 30.7 Å². The van der Waals surface area contributed by atoms with E-state index < -0.39 is 11.5 Å². The van der Waals surface area contributed by atoms with Gasteiger partial charge in [-0.25, -0.2) is 9.78 Å². The van der Waals surface area contributed by atoms with Crippen LogP contribution in [0.25, 0.3) is 10.9 Å². The molecule has 9 nitrogen and oxygen atoms in total. The van der Waals surface area contributed by atoms with E-state index in [4.69, 9.17) is 15.6 Å². The predicted octanol–water partition coefficient (Wildman–Crippen LogP) is 1.83. The van der Waals surface area contributed by atoms with Gasteiger partial charge in [0.2, 0.25) is 5.82 Å². The number of H-pyrrole nitrogens is 1. The number of hydrogen-bond donors (Lipinski definition) is 4. The molecule has 1 aromatic heterocycles. The summed E-state index contributed by atoms with van der Waals surface area (Å²) in [5.74, 6) is -0.993. The average molecular weight is 419 g/mol. The maximum Gasteiger partial charge on any atom is 0.372 e. The number of halogens is 1. The number of aromatic amines is 1. The zero-order valence-electron chi connectivity index (χ0n) is 15.4. The highest BCUT2D eigenvalue weighted by Crippen LogP contribution is 2.28. The van der Waals surface area contributed by atoms with Gasteiger partial charge in [-0.3, -0.25) is 9.59 Å². The van der Waals surface area contributed by atoms with Crippen LogP contribution < -0.4 is 21.3 Å². The molecule has 2 heterocycles. The molecule has 0 unspecified atom stereocenters. The number of anilines is 1. The van der Waals surface area contributed by atoms with Crippen molar-refractivity contribution in [3.8, 4) is 5.75 Å². The average Bonchev–Trinajstić information content (AvgIpc) is 2.67. The number of hydrogen-bond acceptors (Lipinski definition) is 6. The normalized spacial score (nSPS) is 11.9. The van der Waals surface area contributed by atoms with Gasteiger partial charge in [0.1, 0.15) is 5.75 Å². The van der Waals surface area contributed by atoms with Gasteiger partial charge in [-0.15, -0.1) is 12.4 Å². The number of nitrogens with two attached hydrogens (primary N) is 1. The number of rotatable bonds is 2. The zero-order chi connectivity index (χ0) is 20.3. The van der Waals surface area contributed by atoms with Gasteiger partial charge in [0.15, 0.2) is 6.61 Å². The Balaban J connectivity index is 0.000000202. The van der Waals surface area contributed by atoms with Crippen molar-refractivity contribution in [2.75, 3.05) is 11.9 Å². The van der Waals surface area contributed by atoms with Gasteiger partial charge in [-0.1, -0.05) is 18.2 Å². The fourth-order valence-corrected chi connectivity index (χ4v) is 2.72. The number of fused-ring (bicyclic) bond motifs is 2. The first kappa shape index (κ1) is 21.9. The van der Waals surface area contributed by atoms with Crippen LogP contribution in [0.2, 0.25) is 0 Å². The number of carboxylic acids is 1. The molecule has 0 saturated carbocycles. The standard InChI is InChI=1S/C10H8N2O3.C9H10N2O2.ClH/c1-5-3-2-4-6-7(5)9(13)12-8(11-6)10(14)15;10-4-6-1-2-8-7(3-6)11-9(12)5-13-8;/h2-4H,1H3,(H,14,15)(H,11,12,13);1-3H,4-5,10H2,(H,11,12);1H. The smallest absolute Gasteiger partial charge is 0.372 e. The summed E-state index contributed by atoms with van der Waals surface area (Å²) in [5, 5.41) is 11.9. The summed E-state index contributed by atoms with van der Waals surface area (Å²) in [6.45, 7) is 2.33. The summed E-state index contributed by atoms with van der Waals surface area (Å²) in [6.07, 6.45) is 0. The number of ether oxygens (including phenoxy) is 1. The van der Waals surface area contributed by atoms with Crippen molar-refractivity contribution >= 4 is 40.9 Å². The van der Waals surface area contributed by atoms with Gasteiger partial charge >= 0.3 is 5.97 Å². The van der Waals surface area contributed by atoms with Gasteiger partial charge < -0.3 is 25.9 Å². The Kier molecular flexibility index (Phi) is 6.92. The molecule has 0 saturated heterocycles. The van der Waals surface area contributed by atoms with Crippen molar-refractivity contribution in [3.05, 3.63) is 63.7 Å². The Morgan fingerprint density at radius 3 is 2.72 bits per heavy atom. The third-order valence-electron chi connectivity index (χ3n) is 4.06. The van der Waals surface area contributed by atoms with Crippen molar-refractivity contribution < 1.29 is 19.4 Å². The molecule has 1 aliphatic rings. The number of aryl methyl sites for hydroxylation is 1. The molecule has 3 aromatic rings. The molecule has 2 aromatic carbocycles. The Morgan fingerprint density at radius 2 is 2.03 bits per heavy atom. The molecule has 0 spiro atoms. The van der Waals surface area contributed by atoms with Gasteiger partial charge in [0, 0.05) is 6.54 Å². The SMILES string of the molecule is Cc1cccc2nc(C(=O)O)[nH]c(=O)c12.Cl.NCc1ccc2c(c1)NC(=O)CO2. The molecule has 152 valence electrons. The minimum atomic E-state index is -1.24. The van der Waals surface area contributed by atoms with Crippen LogP contribution >= 0.6 is 12.4 Å². The lowest BCUT2D eigenvalue weighted by molar-refractivity contribution is -0.118. The number of benzene rings is 2. The van der Waals surface area contributed by atoms with Crippen molar-refractivity contribution in [1.29, 1.82) is 0 Å². The molecule has 29 heavy (non-hydrogen) atoms. The molecule has 1 amide bonds. The highest BCUT2D eigenvalue weighted by Gasteiger charge is 2.15. The van der Waals surface area contributed by atoms with E-state index >= 15 is 0 Å². The van der Waals surface area contributed by atoms with E-state index in [9.17, 15) is 14.4 Å². The Labute approximate surface area is 171 Å². The van der Waals surface area contributed by atoms with Crippen LogP contribution in [0.3, 0.4) is 0 Å². The van der Waals surface area contributed by atoms with Crippen molar-refractivity contribution in [2.24, 2.45) is 5.73 Å². The molecular weight excluding hydrogens is 400 g/mol. The maximum absolute atomic E-state index is 11.6. The Hall–Kier alpha value is -3.43. The number of aromatic carboxylic acids is 1. The van der Waals surface area contributed by atoms with Crippen LogP contribution in [0.4, 0.5) is 5.69 Å². The lowest BCUT2D eigenvalue weighted by Gasteiger charge is -2.18. The topological polar surface area (TPSA) is 147 Å². The summed E-state index contributed by atoms with van der Waals surface area (Å²) in [4.78, 5) is 39.2. The molecule has 1 aliphatic heterocycles. The van der Waals surface area contributed by atoms with Crippen LogP contribution in [-0.2, 0) is 11.3 Å². The number of carbonyl (C=O) groups excluding carboxylic acids is 1. The molecule has 0 bridgehead atoms. The van der Waals surface area contributed by atoms with Crippen LogP contribution in [0.5, 0.6) is 5.75 Å². The molecule has 0 fully saturated rings. The molecule has 0 atom stereocenters. The highest BCUT2D eigenvalue weighted by atomic mass is 35.5. The monoisotopic (exact) mass is 418 g/mol. The van der Waals surface area contributed by atoms with E-state index in [1.807, 2.05) is 18.2 Å². The molecule has 0 aliphatic carbocycles. The number of carboxylic acid groups (broad SMARTS) is 1. The number of nitrogens with one attached hydrogen (secondary N) is 2. The summed E-state index contributed by atoms with van der Waals surface area (Å²) in [6, 6.07) is 10.7. The van der Waals surface area contributed by atoms with Gasteiger partial charge in [-0.05, 0) is 36.2 Å². The van der Waals surface area contributed by atoms with Crippen LogP contribution in [-0.4, -0.2) is 33.6 Å². The quantitative estimate of drug-likeness (QED) is 0.496. The third kappa shape index (κ3) is 4.89. The van der Waals surface area contributed by atoms with E-state index in [0.29, 0.717) is 28.9 Å². The second kappa shape index (κ2) is 9.18. The minimum Gasteiger partial charge on any atom is -0.482 e. The van der Waals surface area contributed by atoms with Crippen molar-refractivity contribution in [3.63, 3.8) is 0 Å². The zero-order valence-corrected chi connectivity index (χ0v) is 16.2. The first-order valence-corrected chi connectivity index (χ1v) is 8.37. The summed E-state index contributed by atoms with van der Waals surface area (Å²) < 4.78 is 5.18. The van der Waals surface area contributed by atoms with E-state index in [0.717, 1.165) is 11.1 Å². The Morgan fingerprint density at radius 1 is 1.28 bits per heavy atom.